The fourth-order valence-electron chi connectivity index (χ4n) is 3.65. The maximum absolute atomic E-state index is 13.3. The third-order valence-corrected chi connectivity index (χ3v) is 5.47. The van der Waals surface area contributed by atoms with Crippen molar-refractivity contribution in [2.75, 3.05) is 13.1 Å². The molecule has 2 atom stereocenters. The van der Waals surface area contributed by atoms with E-state index in [1.807, 2.05) is 18.0 Å². The minimum Gasteiger partial charge on any atom is -0.342 e. The number of carbonyl (C=O) groups is 1. The van der Waals surface area contributed by atoms with E-state index in [4.69, 9.17) is 4.98 Å². The van der Waals surface area contributed by atoms with Gasteiger partial charge in [-0.25, -0.2) is 14.4 Å². The molecule has 1 aromatic carbocycles. The first kappa shape index (κ1) is 19.5. The van der Waals surface area contributed by atoms with Gasteiger partial charge in [-0.1, -0.05) is 32.4 Å². The first-order valence-corrected chi connectivity index (χ1v) is 9.85. The molecule has 1 aliphatic rings. The number of halogens is 1. The number of aromatic nitrogens is 2. The van der Waals surface area contributed by atoms with Gasteiger partial charge in [0.15, 0.2) is 0 Å². The van der Waals surface area contributed by atoms with E-state index in [2.05, 4.69) is 18.8 Å². The molecule has 4 nitrogen and oxygen atoms in total. The largest absolute Gasteiger partial charge is 0.342 e. The van der Waals surface area contributed by atoms with E-state index in [0.717, 1.165) is 48.5 Å². The summed E-state index contributed by atoms with van der Waals surface area (Å²) in [6, 6.07) is 6.45. The van der Waals surface area contributed by atoms with Crippen molar-refractivity contribution in [2.45, 2.75) is 52.4 Å². The van der Waals surface area contributed by atoms with Crippen molar-refractivity contribution in [2.24, 2.45) is 5.92 Å². The lowest BCUT2D eigenvalue weighted by Crippen LogP contribution is -2.40. The van der Waals surface area contributed by atoms with Crippen molar-refractivity contribution in [1.82, 2.24) is 14.9 Å². The highest BCUT2D eigenvalue weighted by molar-refractivity contribution is 5.76. The summed E-state index contributed by atoms with van der Waals surface area (Å²) in [5.41, 5.74) is 2.81. The van der Waals surface area contributed by atoms with Crippen LogP contribution in [0, 0.1) is 18.7 Å². The van der Waals surface area contributed by atoms with Crippen molar-refractivity contribution in [1.29, 1.82) is 0 Å². The third kappa shape index (κ3) is 4.71. The van der Waals surface area contributed by atoms with Gasteiger partial charge in [0.05, 0.1) is 5.69 Å². The van der Waals surface area contributed by atoms with Gasteiger partial charge >= 0.3 is 0 Å². The molecular weight excluding hydrogens is 341 g/mol. The molecule has 1 aromatic heterocycles. The van der Waals surface area contributed by atoms with E-state index in [1.54, 1.807) is 12.1 Å². The quantitative estimate of drug-likeness (QED) is 0.765. The predicted octanol–water partition coefficient (Wildman–Crippen LogP) is 4.73. The summed E-state index contributed by atoms with van der Waals surface area (Å²) >= 11 is 0. The molecule has 0 saturated carbocycles. The van der Waals surface area contributed by atoms with Crippen LogP contribution in [0.25, 0.3) is 11.1 Å². The summed E-state index contributed by atoms with van der Waals surface area (Å²) in [6.07, 6.45) is 5.42. The maximum Gasteiger partial charge on any atom is 0.222 e. The second kappa shape index (κ2) is 8.59. The Kier molecular flexibility index (Phi) is 6.19. The summed E-state index contributed by atoms with van der Waals surface area (Å²) in [4.78, 5) is 23.7. The van der Waals surface area contributed by atoms with E-state index < -0.39 is 0 Å². The van der Waals surface area contributed by atoms with Crippen molar-refractivity contribution in [3.63, 3.8) is 0 Å². The second-order valence-corrected chi connectivity index (χ2v) is 7.62. The Labute approximate surface area is 160 Å². The molecule has 1 saturated heterocycles. The minimum atomic E-state index is -0.257. The van der Waals surface area contributed by atoms with Gasteiger partial charge < -0.3 is 4.90 Å². The lowest BCUT2D eigenvalue weighted by Gasteiger charge is -2.34. The molecule has 2 heterocycles. The summed E-state index contributed by atoms with van der Waals surface area (Å²) in [5, 5.41) is 0. The van der Waals surface area contributed by atoms with Crippen LogP contribution >= 0.6 is 0 Å². The zero-order valence-corrected chi connectivity index (χ0v) is 16.4. The average molecular weight is 369 g/mol. The highest BCUT2D eigenvalue weighted by Gasteiger charge is 2.28. The summed E-state index contributed by atoms with van der Waals surface area (Å²) < 4.78 is 13.3. The number of amides is 1. The van der Waals surface area contributed by atoms with Gasteiger partial charge in [-0.2, -0.15) is 0 Å². The van der Waals surface area contributed by atoms with Crippen LogP contribution in [0.1, 0.15) is 57.0 Å². The first-order chi connectivity index (χ1) is 13.0. The van der Waals surface area contributed by atoms with Gasteiger partial charge in [0, 0.05) is 37.2 Å². The van der Waals surface area contributed by atoms with Crippen molar-refractivity contribution in [3.8, 4) is 11.1 Å². The zero-order chi connectivity index (χ0) is 19.4. The molecule has 1 aliphatic heterocycles. The Hall–Kier alpha value is -2.30. The van der Waals surface area contributed by atoms with Crippen molar-refractivity contribution >= 4 is 5.91 Å². The summed E-state index contributed by atoms with van der Waals surface area (Å²) in [5.74, 6) is 1.30. The molecule has 0 aliphatic carbocycles. The number of carbonyl (C=O) groups excluding carboxylic acids is 1. The van der Waals surface area contributed by atoms with Crippen LogP contribution in [0.4, 0.5) is 4.39 Å². The maximum atomic E-state index is 13.3. The normalized spacial score (nSPS) is 18.4. The van der Waals surface area contributed by atoms with E-state index in [-0.39, 0.29) is 17.6 Å². The molecule has 0 bridgehead atoms. The molecule has 0 radical (unpaired) electrons. The minimum absolute atomic E-state index is 0.182. The molecule has 1 fully saturated rings. The van der Waals surface area contributed by atoms with Crippen LogP contribution in [0.3, 0.4) is 0 Å². The Morgan fingerprint density at radius 2 is 2.07 bits per heavy atom. The number of rotatable bonds is 5. The standard InChI is InChI=1S/C22H28FN3O/c1-4-15(2)12-21(27)26-11-5-6-18(14-26)22-20(13-24-16(3)25-22)17-7-9-19(23)10-8-17/h7-10,13,15,18H,4-6,11-12,14H2,1-3H3. The Morgan fingerprint density at radius 3 is 2.78 bits per heavy atom. The van der Waals surface area contributed by atoms with E-state index in [0.29, 0.717) is 18.9 Å². The Bertz CT molecular complexity index is 791. The molecule has 2 unspecified atom stereocenters. The van der Waals surface area contributed by atoms with Crippen molar-refractivity contribution < 1.29 is 9.18 Å². The van der Waals surface area contributed by atoms with Crippen LogP contribution < -0.4 is 0 Å². The predicted molar refractivity (Wildman–Crippen MR) is 105 cm³/mol. The monoisotopic (exact) mass is 369 g/mol. The highest BCUT2D eigenvalue weighted by atomic mass is 19.1. The number of hydrogen-bond acceptors (Lipinski definition) is 3. The molecule has 2 aromatic rings. The number of aryl methyl sites for hydroxylation is 1. The van der Waals surface area contributed by atoms with Gasteiger partial charge in [-0.15, -0.1) is 0 Å². The first-order valence-electron chi connectivity index (χ1n) is 9.85. The fourth-order valence-corrected chi connectivity index (χ4v) is 3.65. The number of likely N-dealkylation sites (tertiary alicyclic amines) is 1. The topological polar surface area (TPSA) is 46.1 Å². The molecule has 5 heteroatoms. The zero-order valence-electron chi connectivity index (χ0n) is 16.4. The molecule has 3 rings (SSSR count). The van der Waals surface area contributed by atoms with Gasteiger partial charge in [-0.3, -0.25) is 4.79 Å². The molecule has 0 N–H and O–H groups in total. The number of hydrogen-bond donors (Lipinski definition) is 0. The summed E-state index contributed by atoms with van der Waals surface area (Å²) in [7, 11) is 0. The second-order valence-electron chi connectivity index (χ2n) is 7.62. The average Bonchev–Trinajstić information content (AvgIpc) is 2.68. The number of benzene rings is 1. The molecule has 1 amide bonds. The van der Waals surface area contributed by atoms with Crippen LogP contribution in [0.2, 0.25) is 0 Å². The fraction of sp³-hybridized carbons (Fsp3) is 0.500. The van der Waals surface area contributed by atoms with Crippen LogP contribution in [0.15, 0.2) is 30.5 Å². The van der Waals surface area contributed by atoms with Crippen LogP contribution in [-0.4, -0.2) is 33.9 Å². The summed E-state index contributed by atoms with van der Waals surface area (Å²) in [6.45, 7) is 7.64. The molecular formula is C22H28FN3O. The SMILES string of the molecule is CCC(C)CC(=O)N1CCCC(c2nc(C)ncc2-c2ccc(F)cc2)C1. The number of piperidine rings is 1. The molecule has 27 heavy (non-hydrogen) atoms. The third-order valence-electron chi connectivity index (χ3n) is 5.47. The number of nitrogens with zero attached hydrogens (tertiary/aromatic N) is 3. The van der Waals surface area contributed by atoms with Gasteiger partial charge in [0.2, 0.25) is 5.91 Å². The highest BCUT2D eigenvalue weighted by Crippen LogP contribution is 2.33. The lowest BCUT2D eigenvalue weighted by atomic mass is 9.89. The van der Waals surface area contributed by atoms with Crippen LogP contribution in [0.5, 0.6) is 0 Å². The van der Waals surface area contributed by atoms with Crippen molar-refractivity contribution in [3.05, 3.63) is 47.8 Å². The Balaban J connectivity index is 1.85. The lowest BCUT2D eigenvalue weighted by molar-refractivity contribution is -0.133. The Morgan fingerprint density at radius 1 is 1.33 bits per heavy atom. The van der Waals surface area contributed by atoms with E-state index >= 15 is 0 Å². The van der Waals surface area contributed by atoms with Gasteiger partial charge in [0.25, 0.3) is 0 Å². The molecule has 144 valence electrons. The van der Waals surface area contributed by atoms with Gasteiger partial charge in [-0.05, 0) is 43.4 Å². The molecule has 0 spiro atoms. The van der Waals surface area contributed by atoms with E-state index in [9.17, 15) is 9.18 Å². The smallest absolute Gasteiger partial charge is 0.222 e. The van der Waals surface area contributed by atoms with Gasteiger partial charge in [0.1, 0.15) is 11.6 Å². The van der Waals surface area contributed by atoms with E-state index in [1.165, 1.54) is 12.1 Å². The van der Waals surface area contributed by atoms with Crippen LogP contribution in [-0.2, 0) is 4.79 Å².